The van der Waals surface area contributed by atoms with Gasteiger partial charge in [0.2, 0.25) is 10.0 Å². The minimum atomic E-state index is -4.47. The lowest BCUT2D eigenvalue weighted by atomic mass is 10.2. The molecule has 25 heavy (non-hydrogen) atoms. The Bertz CT molecular complexity index is 837. The molecule has 0 aliphatic heterocycles. The van der Waals surface area contributed by atoms with Gasteiger partial charge in [-0.25, -0.2) is 8.42 Å². The fourth-order valence-electron chi connectivity index (χ4n) is 2.07. The molecule has 0 saturated heterocycles. The van der Waals surface area contributed by atoms with Crippen molar-refractivity contribution in [3.8, 4) is 0 Å². The van der Waals surface area contributed by atoms with Gasteiger partial charge >= 0.3 is 6.18 Å². The van der Waals surface area contributed by atoms with E-state index in [1.807, 2.05) is 0 Å². The minimum Gasteiger partial charge on any atom is -0.354 e. The first-order chi connectivity index (χ1) is 11.6. The number of anilines is 3. The highest BCUT2D eigenvalue weighted by atomic mass is 35.5. The van der Waals surface area contributed by atoms with Crippen LogP contribution in [-0.2, 0) is 16.2 Å². The second-order valence-corrected chi connectivity index (χ2v) is 7.56. The highest BCUT2D eigenvalue weighted by molar-refractivity contribution is 7.92. The topological polar surface area (TPSA) is 58.2 Å². The van der Waals surface area contributed by atoms with E-state index in [0.29, 0.717) is 17.8 Å². The Morgan fingerprint density at radius 2 is 1.64 bits per heavy atom. The molecule has 0 unspecified atom stereocenters. The standard InChI is InChI=1S/C16H16ClF3N2O2S/c1-2-9-25(23,24)22-13-6-4-12(5-7-13)21-15-10-11(16(18,19)20)3-8-14(15)17/h3-8,10,21-22H,2,9H2,1H3. The fourth-order valence-corrected chi connectivity index (χ4v) is 3.37. The first kappa shape index (κ1) is 19.4. The molecule has 2 N–H and O–H groups in total. The van der Waals surface area contributed by atoms with Crippen LogP contribution in [0.2, 0.25) is 5.02 Å². The van der Waals surface area contributed by atoms with Crippen LogP contribution in [0.5, 0.6) is 0 Å². The molecule has 136 valence electrons. The van der Waals surface area contributed by atoms with Gasteiger partial charge in [-0.3, -0.25) is 4.72 Å². The molecule has 0 amide bonds. The fraction of sp³-hybridized carbons (Fsp3) is 0.250. The van der Waals surface area contributed by atoms with Gasteiger partial charge in [0.1, 0.15) is 0 Å². The van der Waals surface area contributed by atoms with Gasteiger partial charge in [-0.15, -0.1) is 0 Å². The summed E-state index contributed by atoms with van der Waals surface area (Å²) in [5.74, 6) is 0.00679. The van der Waals surface area contributed by atoms with E-state index in [2.05, 4.69) is 10.0 Å². The number of benzene rings is 2. The average molecular weight is 393 g/mol. The van der Waals surface area contributed by atoms with Gasteiger partial charge in [0.15, 0.2) is 0 Å². The molecular weight excluding hydrogens is 377 g/mol. The molecule has 4 nitrogen and oxygen atoms in total. The summed E-state index contributed by atoms with van der Waals surface area (Å²) in [4.78, 5) is 0. The maximum Gasteiger partial charge on any atom is 0.416 e. The van der Waals surface area contributed by atoms with E-state index < -0.39 is 21.8 Å². The van der Waals surface area contributed by atoms with Crippen molar-refractivity contribution in [2.24, 2.45) is 0 Å². The predicted octanol–water partition coefficient (Wildman–Crippen LogP) is 5.25. The molecule has 9 heteroatoms. The summed E-state index contributed by atoms with van der Waals surface area (Å²) in [5.41, 5.74) is 0.132. The summed E-state index contributed by atoms with van der Waals surface area (Å²) in [5, 5.41) is 2.93. The molecule has 0 aromatic heterocycles. The summed E-state index contributed by atoms with van der Waals surface area (Å²) in [7, 11) is -3.40. The van der Waals surface area contributed by atoms with E-state index >= 15 is 0 Å². The number of hydrogen-bond donors (Lipinski definition) is 2. The molecule has 2 rings (SSSR count). The van der Waals surface area contributed by atoms with Crippen LogP contribution in [0.3, 0.4) is 0 Å². The molecule has 0 aliphatic carbocycles. The van der Waals surface area contributed by atoms with Crippen LogP contribution in [0.25, 0.3) is 0 Å². The van der Waals surface area contributed by atoms with Gasteiger partial charge in [0.25, 0.3) is 0 Å². The van der Waals surface area contributed by atoms with E-state index in [4.69, 9.17) is 11.6 Å². The Kier molecular flexibility index (Phi) is 5.84. The van der Waals surface area contributed by atoms with Crippen LogP contribution in [0.15, 0.2) is 42.5 Å². The smallest absolute Gasteiger partial charge is 0.354 e. The maximum absolute atomic E-state index is 12.8. The van der Waals surface area contributed by atoms with Crippen molar-refractivity contribution in [2.75, 3.05) is 15.8 Å². The molecule has 0 bridgehead atoms. The molecule has 0 spiro atoms. The van der Waals surface area contributed by atoms with Gasteiger partial charge in [0, 0.05) is 11.4 Å². The van der Waals surface area contributed by atoms with Crippen LogP contribution in [0.4, 0.5) is 30.2 Å². The molecule has 0 radical (unpaired) electrons. The molecule has 2 aromatic rings. The van der Waals surface area contributed by atoms with Crippen LogP contribution in [0.1, 0.15) is 18.9 Å². The molecule has 0 atom stereocenters. The van der Waals surface area contributed by atoms with Gasteiger partial charge in [-0.2, -0.15) is 13.2 Å². The first-order valence-electron chi connectivity index (χ1n) is 7.35. The Morgan fingerprint density at radius 1 is 1.04 bits per heavy atom. The number of hydrogen-bond acceptors (Lipinski definition) is 3. The second-order valence-electron chi connectivity index (χ2n) is 5.32. The number of alkyl halides is 3. The van der Waals surface area contributed by atoms with Crippen LogP contribution < -0.4 is 10.0 Å². The van der Waals surface area contributed by atoms with Crippen LogP contribution in [-0.4, -0.2) is 14.2 Å². The van der Waals surface area contributed by atoms with Crippen molar-refractivity contribution < 1.29 is 21.6 Å². The third-order valence-electron chi connectivity index (χ3n) is 3.20. The summed E-state index contributed by atoms with van der Waals surface area (Å²) in [6.07, 6.45) is -3.98. The van der Waals surface area contributed by atoms with Gasteiger partial charge in [-0.1, -0.05) is 18.5 Å². The first-order valence-corrected chi connectivity index (χ1v) is 9.38. The Hall–Kier alpha value is -1.93. The van der Waals surface area contributed by atoms with Gasteiger partial charge in [-0.05, 0) is 48.9 Å². The van der Waals surface area contributed by atoms with Crippen molar-refractivity contribution in [3.05, 3.63) is 53.1 Å². The zero-order valence-electron chi connectivity index (χ0n) is 13.2. The molecule has 0 saturated carbocycles. The summed E-state index contributed by atoms with van der Waals surface area (Å²) in [6, 6.07) is 9.09. The lowest BCUT2D eigenvalue weighted by Gasteiger charge is -2.13. The largest absolute Gasteiger partial charge is 0.416 e. The molecular formula is C16H16ClF3N2O2S. The lowest BCUT2D eigenvalue weighted by molar-refractivity contribution is -0.137. The summed E-state index contributed by atoms with van der Waals surface area (Å²) < 4.78 is 64.1. The van der Waals surface area contributed by atoms with E-state index in [1.165, 1.54) is 18.2 Å². The monoisotopic (exact) mass is 392 g/mol. The van der Waals surface area contributed by atoms with Crippen molar-refractivity contribution in [3.63, 3.8) is 0 Å². The molecule has 0 heterocycles. The maximum atomic E-state index is 12.8. The highest BCUT2D eigenvalue weighted by Crippen LogP contribution is 2.35. The number of rotatable bonds is 6. The van der Waals surface area contributed by atoms with Crippen LogP contribution in [0, 0.1) is 0 Å². The van der Waals surface area contributed by atoms with Crippen molar-refractivity contribution in [1.29, 1.82) is 0 Å². The zero-order valence-corrected chi connectivity index (χ0v) is 14.8. The highest BCUT2D eigenvalue weighted by Gasteiger charge is 2.30. The Balaban J connectivity index is 2.17. The predicted molar refractivity (Wildman–Crippen MR) is 93.9 cm³/mol. The lowest BCUT2D eigenvalue weighted by Crippen LogP contribution is -2.15. The summed E-state index contributed by atoms with van der Waals surface area (Å²) in [6.45, 7) is 1.76. The quantitative estimate of drug-likeness (QED) is 0.705. The van der Waals surface area contributed by atoms with E-state index in [-0.39, 0.29) is 16.5 Å². The van der Waals surface area contributed by atoms with Crippen molar-refractivity contribution in [1.82, 2.24) is 0 Å². The van der Waals surface area contributed by atoms with Gasteiger partial charge in [0.05, 0.1) is 22.0 Å². The van der Waals surface area contributed by atoms with Gasteiger partial charge < -0.3 is 5.32 Å². The normalized spacial score (nSPS) is 12.0. The number of halogens is 4. The van der Waals surface area contributed by atoms with Crippen LogP contribution >= 0.6 is 11.6 Å². The number of sulfonamides is 1. The molecule has 2 aromatic carbocycles. The molecule has 0 fully saturated rings. The molecule has 0 aliphatic rings. The second kappa shape index (κ2) is 7.53. The third kappa shape index (κ3) is 5.54. The van der Waals surface area contributed by atoms with Crippen molar-refractivity contribution >= 4 is 38.7 Å². The van der Waals surface area contributed by atoms with E-state index in [9.17, 15) is 21.6 Å². The van der Waals surface area contributed by atoms with E-state index in [0.717, 1.165) is 12.1 Å². The average Bonchev–Trinajstić information content (AvgIpc) is 2.50. The SMILES string of the molecule is CCCS(=O)(=O)Nc1ccc(Nc2cc(C(F)(F)F)ccc2Cl)cc1. The zero-order chi connectivity index (χ0) is 18.7. The van der Waals surface area contributed by atoms with E-state index in [1.54, 1.807) is 19.1 Å². The number of nitrogens with one attached hydrogen (secondary N) is 2. The summed E-state index contributed by atoms with van der Waals surface area (Å²) >= 11 is 5.93. The third-order valence-corrected chi connectivity index (χ3v) is 5.03. The van der Waals surface area contributed by atoms with Crippen molar-refractivity contribution in [2.45, 2.75) is 19.5 Å². The Labute approximate surface area is 149 Å². The minimum absolute atomic E-state index is 0.00679. The Morgan fingerprint density at radius 3 is 2.20 bits per heavy atom.